The lowest BCUT2D eigenvalue weighted by atomic mass is 9.88. The van der Waals surface area contributed by atoms with Gasteiger partial charge in [-0.25, -0.2) is 9.97 Å². The molecular weight excluding hydrogens is 661 g/mol. The third kappa shape index (κ3) is 5.04. The van der Waals surface area contributed by atoms with Gasteiger partial charge >= 0.3 is 0 Å². The van der Waals surface area contributed by atoms with E-state index in [4.69, 9.17) is 9.97 Å². The van der Waals surface area contributed by atoms with Crippen molar-refractivity contribution in [3.05, 3.63) is 180 Å². The van der Waals surface area contributed by atoms with Crippen molar-refractivity contribution >= 4 is 72.7 Å². The molecule has 0 N–H and O–H groups in total. The van der Waals surface area contributed by atoms with E-state index in [0.717, 1.165) is 27.1 Å². The number of fused-ring (bicyclic) bond motifs is 2. The fourth-order valence-corrected chi connectivity index (χ4v) is 13.9. The van der Waals surface area contributed by atoms with E-state index in [2.05, 4.69) is 171 Å². The van der Waals surface area contributed by atoms with Crippen LogP contribution in [0.2, 0.25) is 12.6 Å². The largest absolute Gasteiger partial charge is 0.236 e. The van der Waals surface area contributed by atoms with Crippen molar-refractivity contribution in [1.82, 2.24) is 9.97 Å². The van der Waals surface area contributed by atoms with E-state index < -0.39 is 8.07 Å². The van der Waals surface area contributed by atoms with E-state index in [-0.39, 0.29) is 0 Å². The lowest BCUT2D eigenvalue weighted by Crippen LogP contribution is -2.32. The minimum Gasteiger partial charge on any atom is -0.236 e. The number of thiazole rings is 2. The Hall–Kier alpha value is -5.20. The predicted molar refractivity (Wildman–Crippen MR) is 219 cm³/mol. The van der Waals surface area contributed by atoms with Gasteiger partial charge in [-0.3, -0.25) is 0 Å². The summed E-state index contributed by atoms with van der Waals surface area (Å²) in [4.78, 5) is 10.4. The summed E-state index contributed by atoms with van der Waals surface area (Å²) in [6, 6.07) is 58.2. The van der Waals surface area contributed by atoms with Crippen LogP contribution in [0.1, 0.15) is 29.2 Å². The van der Waals surface area contributed by atoms with Crippen molar-refractivity contribution in [1.29, 1.82) is 0 Å². The molecule has 240 valence electrons. The lowest BCUT2D eigenvalue weighted by molar-refractivity contribution is 1.39. The van der Waals surface area contributed by atoms with Gasteiger partial charge in [0, 0.05) is 11.1 Å². The van der Waals surface area contributed by atoms with Crippen LogP contribution in [0.25, 0.3) is 63.1 Å². The Morgan fingerprint density at radius 2 is 0.800 bits per heavy atom. The molecule has 2 aromatic heterocycles. The molecule has 0 saturated heterocycles. The second kappa shape index (κ2) is 12.6. The number of para-hydroxylation sites is 2. The summed E-state index contributed by atoms with van der Waals surface area (Å²) < 4.78 is 2.43. The zero-order chi connectivity index (χ0) is 33.7. The Balaban J connectivity index is 1.38. The number of nitrogens with zero attached hydrogens (tertiary/aromatic N) is 2. The van der Waals surface area contributed by atoms with Crippen LogP contribution in [-0.4, -0.2) is 18.0 Å². The van der Waals surface area contributed by atoms with Gasteiger partial charge in [0.05, 0.1) is 20.4 Å². The van der Waals surface area contributed by atoms with Crippen molar-refractivity contribution in [2.75, 3.05) is 0 Å². The smallest absolute Gasteiger partial charge is 0.125 e. The summed E-state index contributed by atoms with van der Waals surface area (Å²) in [6.07, 6.45) is 0. The average Bonchev–Trinajstić information content (AvgIpc) is 3.88. The molecule has 0 radical (unpaired) electrons. The lowest BCUT2D eigenvalue weighted by Gasteiger charge is -2.31. The Bertz CT molecular complexity index is 2350. The van der Waals surface area contributed by atoms with E-state index >= 15 is 0 Å². The summed E-state index contributed by atoms with van der Waals surface area (Å²) in [6.45, 7) is 5.00. The standard InChI is InChI=1S/C45H34N2S2Si/c1-3-50(2)42(32-22-10-12-24-34(32)44-46-36-26-14-16-28-38(36)48-44)40(30-18-6-4-7-19-30)41(31-20-8-5-9-21-31)43(50)33-23-11-13-25-35(33)45-47-37-27-15-17-29-39(37)49-45/h4-29H,3H2,1-2H3. The second-order valence-electron chi connectivity index (χ2n) is 13.0. The molecule has 3 heterocycles. The zero-order valence-electron chi connectivity index (χ0n) is 27.9. The van der Waals surface area contributed by atoms with Crippen molar-refractivity contribution in [3.8, 4) is 21.1 Å². The van der Waals surface area contributed by atoms with Gasteiger partial charge in [-0.05, 0) is 68.1 Å². The quantitative estimate of drug-likeness (QED) is 0.155. The van der Waals surface area contributed by atoms with Crippen LogP contribution < -0.4 is 0 Å². The van der Waals surface area contributed by atoms with Gasteiger partial charge in [0.1, 0.15) is 18.1 Å². The molecule has 0 saturated carbocycles. The Kier molecular flexibility index (Phi) is 7.77. The average molecular weight is 695 g/mol. The van der Waals surface area contributed by atoms with Crippen LogP contribution in [0, 0.1) is 0 Å². The molecule has 9 rings (SSSR count). The van der Waals surface area contributed by atoms with Crippen LogP contribution in [-0.2, 0) is 0 Å². The molecule has 6 aromatic carbocycles. The molecule has 1 aliphatic rings. The van der Waals surface area contributed by atoms with Crippen LogP contribution in [0.5, 0.6) is 0 Å². The van der Waals surface area contributed by atoms with E-state index in [1.165, 1.54) is 64.3 Å². The highest BCUT2D eigenvalue weighted by Crippen LogP contribution is 2.59. The molecule has 2 nitrogen and oxygen atoms in total. The van der Waals surface area contributed by atoms with Gasteiger partial charge < -0.3 is 0 Å². The monoisotopic (exact) mass is 694 g/mol. The molecule has 0 aliphatic carbocycles. The van der Waals surface area contributed by atoms with Crippen LogP contribution >= 0.6 is 22.7 Å². The maximum atomic E-state index is 5.21. The van der Waals surface area contributed by atoms with E-state index in [1.54, 1.807) is 22.7 Å². The highest BCUT2D eigenvalue weighted by molar-refractivity contribution is 7.22. The van der Waals surface area contributed by atoms with Gasteiger partial charge in [0.15, 0.2) is 0 Å². The highest BCUT2D eigenvalue weighted by atomic mass is 32.1. The predicted octanol–water partition coefficient (Wildman–Crippen LogP) is 13.0. The number of rotatable bonds is 7. The number of allylic oxidation sites excluding steroid dienone is 2. The molecule has 0 unspecified atom stereocenters. The molecule has 0 spiro atoms. The highest BCUT2D eigenvalue weighted by Gasteiger charge is 2.47. The molecule has 0 fully saturated rings. The number of hydrogen-bond acceptors (Lipinski definition) is 4. The fraction of sp³-hybridized carbons (Fsp3) is 0.0667. The summed E-state index contributed by atoms with van der Waals surface area (Å²) in [5.41, 5.74) is 12.3. The molecule has 1 aliphatic heterocycles. The van der Waals surface area contributed by atoms with Gasteiger partial charge in [-0.15, -0.1) is 22.7 Å². The summed E-state index contributed by atoms with van der Waals surface area (Å²) in [5.74, 6) is 0. The molecule has 0 bridgehead atoms. The number of benzene rings is 6. The van der Waals surface area contributed by atoms with Crippen LogP contribution in [0.3, 0.4) is 0 Å². The minimum atomic E-state index is -2.49. The Morgan fingerprint density at radius 3 is 1.20 bits per heavy atom. The fourth-order valence-electron chi connectivity index (χ4n) is 7.68. The molecular formula is C45H34N2S2Si. The molecule has 5 heteroatoms. The Labute approximate surface area is 301 Å². The topological polar surface area (TPSA) is 25.8 Å². The van der Waals surface area contributed by atoms with Crippen molar-refractivity contribution < 1.29 is 0 Å². The molecule has 0 atom stereocenters. The van der Waals surface area contributed by atoms with Crippen LogP contribution in [0.4, 0.5) is 0 Å². The normalized spacial score (nSPS) is 14.3. The van der Waals surface area contributed by atoms with Crippen molar-refractivity contribution in [3.63, 3.8) is 0 Å². The van der Waals surface area contributed by atoms with Gasteiger partial charge in [0.25, 0.3) is 0 Å². The Morgan fingerprint density at radius 1 is 0.440 bits per heavy atom. The maximum Gasteiger partial charge on any atom is 0.125 e. The maximum absolute atomic E-state index is 5.21. The first-order chi connectivity index (χ1) is 24.6. The third-order valence-electron chi connectivity index (χ3n) is 10.1. The molecule has 8 aromatic rings. The summed E-state index contributed by atoms with van der Waals surface area (Å²) >= 11 is 3.57. The van der Waals surface area contributed by atoms with E-state index in [0.29, 0.717) is 0 Å². The summed E-state index contributed by atoms with van der Waals surface area (Å²) in [7, 11) is -2.49. The first kappa shape index (κ1) is 30.8. The molecule has 0 amide bonds. The summed E-state index contributed by atoms with van der Waals surface area (Å²) in [5, 5.41) is 5.10. The van der Waals surface area contributed by atoms with Crippen LogP contribution in [0.15, 0.2) is 158 Å². The SMILES string of the molecule is CC[Si]1(C)C(c2ccccc2-c2nc3ccccc3s2)=C(c2ccccc2)C(c2ccccc2)=C1c1ccccc1-c1nc2ccccc2s1. The second-order valence-corrected chi connectivity index (χ2v) is 19.4. The first-order valence-electron chi connectivity index (χ1n) is 17.2. The van der Waals surface area contributed by atoms with Crippen molar-refractivity contribution in [2.45, 2.75) is 19.5 Å². The van der Waals surface area contributed by atoms with E-state index in [1.807, 2.05) is 0 Å². The number of aromatic nitrogens is 2. The van der Waals surface area contributed by atoms with E-state index in [9.17, 15) is 0 Å². The van der Waals surface area contributed by atoms with Gasteiger partial charge in [-0.1, -0.05) is 153 Å². The van der Waals surface area contributed by atoms with Crippen molar-refractivity contribution in [2.24, 2.45) is 0 Å². The minimum absolute atomic E-state index is 1.05. The zero-order valence-corrected chi connectivity index (χ0v) is 30.6. The molecule has 50 heavy (non-hydrogen) atoms. The van der Waals surface area contributed by atoms with Gasteiger partial charge in [0.2, 0.25) is 0 Å². The third-order valence-corrected chi connectivity index (χ3v) is 16.9. The van der Waals surface area contributed by atoms with Gasteiger partial charge in [-0.2, -0.15) is 0 Å². The first-order valence-corrected chi connectivity index (χ1v) is 21.5. The number of hydrogen-bond donors (Lipinski definition) is 0.